The van der Waals surface area contributed by atoms with Crippen molar-refractivity contribution in [2.24, 2.45) is 23.2 Å². The zero-order chi connectivity index (χ0) is 15.3. The van der Waals surface area contributed by atoms with Gasteiger partial charge in [-0.2, -0.15) is 0 Å². The van der Waals surface area contributed by atoms with Crippen molar-refractivity contribution < 1.29 is 0 Å². The Labute approximate surface area is 132 Å². The number of fused-ring (bicyclic) bond motifs is 2. The molecule has 0 radical (unpaired) electrons. The number of hydrogen-bond acceptors (Lipinski definition) is 0. The summed E-state index contributed by atoms with van der Waals surface area (Å²) < 4.78 is 0. The fourth-order valence-electron chi connectivity index (χ4n) is 5.59. The third kappa shape index (κ3) is 2.32. The van der Waals surface area contributed by atoms with Crippen molar-refractivity contribution in [3.8, 4) is 0 Å². The van der Waals surface area contributed by atoms with Crippen LogP contribution in [0.3, 0.4) is 0 Å². The first-order chi connectivity index (χ1) is 9.89. The normalized spacial score (nSPS) is 34.3. The van der Waals surface area contributed by atoms with Gasteiger partial charge in [0.2, 0.25) is 0 Å². The molecule has 0 amide bonds. The Morgan fingerprint density at radius 2 is 1.76 bits per heavy atom. The maximum absolute atomic E-state index is 2.63. The SMILES string of the molecule is CCCC1C2CC(CC1[Si](C)(C)c1ccccc1)C2(C)C. The summed E-state index contributed by atoms with van der Waals surface area (Å²) in [6.45, 7) is 12.7. The van der Waals surface area contributed by atoms with Crippen LogP contribution in [0.5, 0.6) is 0 Å². The molecule has 0 saturated heterocycles. The van der Waals surface area contributed by atoms with Crippen LogP contribution in [0.1, 0.15) is 46.5 Å². The molecule has 0 aromatic heterocycles. The molecule has 4 unspecified atom stereocenters. The van der Waals surface area contributed by atoms with E-state index in [0.29, 0.717) is 5.41 Å². The third-order valence-corrected chi connectivity index (χ3v) is 11.5. The van der Waals surface area contributed by atoms with Crippen molar-refractivity contribution in [1.29, 1.82) is 0 Å². The molecule has 0 aliphatic heterocycles. The van der Waals surface area contributed by atoms with Gasteiger partial charge < -0.3 is 0 Å². The molecule has 1 heteroatoms. The van der Waals surface area contributed by atoms with E-state index >= 15 is 0 Å². The Bertz CT molecular complexity index is 488. The van der Waals surface area contributed by atoms with Gasteiger partial charge in [0, 0.05) is 0 Å². The van der Waals surface area contributed by atoms with Crippen LogP contribution >= 0.6 is 0 Å². The zero-order valence-electron chi connectivity index (χ0n) is 14.5. The summed E-state index contributed by atoms with van der Waals surface area (Å²) in [6, 6.07) is 11.5. The van der Waals surface area contributed by atoms with Gasteiger partial charge in [-0.1, -0.05) is 82.2 Å². The minimum atomic E-state index is -1.35. The average molecular weight is 301 g/mol. The van der Waals surface area contributed by atoms with E-state index in [1.165, 1.54) is 25.7 Å². The predicted molar refractivity (Wildman–Crippen MR) is 95.7 cm³/mol. The van der Waals surface area contributed by atoms with Crippen LogP contribution in [0.4, 0.5) is 0 Å². The largest absolute Gasteiger partial charge is 0.0839 e. The highest BCUT2D eigenvalue weighted by Gasteiger charge is 2.59. The van der Waals surface area contributed by atoms with Gasteiger partial charge in [0.1, 0.15) is 0 Å². The molecule has 2 bridgehead atoms. The summed E-state index contributed by atoms with van der Waals surface area (Å²) in [6.07, 6.45) is 5.84. The van der Waals surface area contributed by atoms with Gasteiger partial charge in [-0.3, -0.25) is 0 Å². The first-order valence-electron chi connectivity index (χ1n) is 8.94. The van der Waals surface area contributed by atoms with E-state index in [0.717, 1.165) is 23.3 Å². The van der Waals surface area contributed by atoms with Crippen molar-refractivity contribution in [3.05, 3.63) is 30.3 Å². The van der Waals surface area contributed by atoms with Crippen molar-refractivity contribution in [2.75, 3.05) is 0 Å². The molecule has 3 aliphatic carbocycles. The summed E-state index contributed by atoms with van der Waals surface area (Å²) in [5.41, 5.74) is 1.62. The van der Waals surface area contributed by atoms with Gasteiger partial charge in [0.25, 0.3) is 0 Å². The van der Waals surface area contributed by atoms with Gasteiger partial charge in [-0.15, -0.1) is 0 Å². The summed E-state index contributed by atoms with van der Waals surface area (Å²) in [5, 5.41) is 1.68. The van der Waals surface area contributed by atoms with Gasteiger partial charge in [0.15, 0.2) is 0 Å². The van der Waals surface area contributed by atoms with E-state index in [-0.39, 0.29) is 0 Å². The van der Waals surface area contributed by atoms with Crippen LogP contribution in [0.25, 0.3) is 0 Å². The molecule has 0 nitrogen and oxygen atoms in total. The minimum absolute atomic E-state index is 0.623. The Kier molecular flexibility index (Phi) is 3.84. The molecule has 0 heterocycles. The Balaban J connectivity index is 1.91. The highest BCUT2D eigenvalue weighted by Crippen LogP contribution is 2.67. The standard InChI is InChI=1S/C20H32Si/c1-6-10-17-18-13-15(20(18,2)3)14-19(17)21(4,5)16-11-8-7-9-12-16/h7-9,11-12,15,17-19H,6,10,13-14H2,1-5H3. The smallest absolute Gasteiger partial charge is 0.0654 e. The molecular formula is C20H32Si. The number of hydrogen-bond donors (Lipinski definition) is 0. The summed E-state index contributed by atoms with van der Waals surface area (Å²) in [7, 11) is -1.35. The molecule has 3 fully saturated rings. The van der Waals surface area contributed by atoms with E-state index in [2.05, 4.69) is 64.2 Å². The highest BCUT2D eigenvalue weighted by molar-refractivity contribution is 6.91. The number of rotatable bonds is 4. The fraction of sp³-hybridized carbons (Fsp3) is 0.700. The first kappa shape index (κ1) is 15.3. The number of benzene rings is 1. The molecule has 3 saturated carbocycles. The van der Waals surface area contributed by atoms with Crippen LogP contribution < -0.4 is 5.19 Å². The lowest BCUT2D eigenvalue weighted by molar-refractivity contribution is -0.107. The second-order valence-electron chi connectivity index (χ2n) is 8.74. The lowest BCUT2D eigenvalue weighted by Gasteiger charge is -2.65. The summed E-state index contributed by atoms with van der Waals surface area (Å²) >= 11 is 0. The van der Waals surface area contributed by atoms with E-state index < -0.39 is 8.07 Å². The summed E-state index contributed by atoms with van der Waals surface area (Å²) in [5.74, 6) is 2.98. The van der Waals surface area contributed by atoms with Crippen molar-refractivity contribution in [1.82, 2.24) is 0 Å². The molecule has 0 spiro atoms. The second kappa shape index (κ2) is 5.26. The van der Waals surface area contributed by atoms with E-state index in [9.17, 15) is 0 Å². The van der Waals surface area contributed by atoms with Crippen molar-refractivity contribution in [3.63, 3.8) is 0 Å². The van der Waals surface area contributed by atoms with Gasteiger partial charge >= 0.3 is 0 Å². The molecule has 1 aromatic carbocycles. The van der Waals surface area contributed by atoms with Crippen molar-refractivity contribution in [2.45, 2.75) is 65.1 Å². The van der Waals surface area contributed by atoms with E-state index in [1.54, 1.807) is 5.19 Å². The molecule has 4 rings (SSSR count). The van der Waals surface area contributed by atoms with Crippen LogP contribution in [-0.2, 0) is 0 Å². The van der Waals surface area contributed by atoms with Crippen LogP contribution in [0, 0.1) is 23.2 Å². The average Bonchev–Trinajstić information content (AvgIpc) is 2.48. The molecule has 1 aromatic rings. The monoisotopic (exact) mass is 300 g/mol. The lowest BCUT2D eigenvalue weighted by Crippen LogP contribution is -2.61. The molecule has 0 N–H and O–H groups in total. The molecule has 21 heavy (non-hydrogen) atoms. The predicted octanol–water partition coefficient (Wildman–Crippen LogP) is 5.45. The maximum atomic E-state index is 2.63. The summed E-state index contributed by atoms with van der Waals surface area (Å²) in [4.78, 5) is 0. The Morgan fingerprint density at radius 1 is 1.10 bits per heavy atom. The minimum Gasteiger partial charge on any atom is -0.0654 e. The Hall–Kier alpha value is -0.563. The van der Waals surface area contributed by atoms with Gasteiger partial charge in [0.05, 0.1) is 8.07 Å². The Morgan fingerprint density at radius 3 is 2.33 bits per heavy atom. The zero-order valence-corrected chi connectivity index (χ0v) is 15.5. The quantitative estimate of drug-likeness (QED) is 0.648. The molecule has 3 aliphatic rings. The molecule has 116 valence electrons. The van der Waals surface area contributed by atoms with E-state index in [4.69, 9.17) is 0 Å². The van der Waals surface area contributed by atoms with Gasteiger partial charge in [-0.25, -0.2) is 0 Å². The topological polar surface area (TPSA) is 0 Å². The lowest BCUT2D eigenvalue weighted by atomic mass is 9.45. The van der Waals surface area contributed by atoms with Crippen LogP contribution in [-0.4, -0.2) is 8.07 Å². The second-order valence-corrected chi connectivity index (χ2v) is 13.5. The fourth-order valence-corrected chi connectivity index (χ4v) is 9.41. The third-order valence-electron chi connectivity index (χ3n) is 7.19. The molecular weight excluding hydrogens is 268 g/mol. The van der Waals surface area contributed by atoms with E-state index in [1.807, 2.05) is 0 Å². The maximum Gasteiger partial charge on any atom is 0.0839 e. The first-order valence-corrected chi connectivity index (χ1v) is 12.0. The van der Waals surface area contributed by atoms with Crippen LogP contribution in [0.15, 0.2) is 30.3 Å². The van der Waals surface area contributed by atoms with Crippen LogP contribution in [0.2, 0.25) is 18.6 Å². The highest BCUT2D eigenvalue weighted by atomic mass is 28.3. The molecule has 4 atom stereocenters. The van der Waals surface area contributed by atoms with Crippen molar-refractivity contribution >= 4 is 13.3 Å². The van der Waals surface area contributed by atoms with Gasteiger partial charge in [-0.05, 0) is 41.6 Å².